The van der Waals surface area contributed by atoms with Crippen molar-refractivity contribution < 1.29 is 4.79 Å². The lowest BCUT2D eigenvalue weighted by Gasteiger charge is -2.16. The highest BCUT2D eigenvalue weighted by atomic mass is 16.2. The van der Waals surface area contributed by atoms with E-state index in [0.717, 1.165) is 44.8 Å². The number of urea groups is 1. The second-order valence-electron chi connectivity index (χ2n) is 6.65. The standard InChI is InChI=1S/C19H27N5O/c1-2-11-24-18(8-10-21-24)22-19(25)20-13-17-9-12-23(15-17)14-16-6-4-3-5-7-16/h3-8,10,17H,2,9,11-15H2,1H3,(H2,20,22,25). The first-order valence-electron chi connectivity index (χ1n) is 9.07. The second kappa shape index (κ2) is 8.67. The zero-order chi connectivity index (χ0) is 17.5. The van der Waals surface area contributed by atoms with Gasteiger partial charge in [0.1, 0.15) is 5.82 Å². The van der Waals surface area contributed by atoms with E-state index in [4.69, 9.17) is 0 Å². The summed E-state index contributed by atoms with van der Waals surface area (Å²) >= 11 is 0. The van der Waals surface area contributed by atoms with Crippen molar-refractivity contribution in [2.24, 2.45) is 5.92 Å². The van der Waals surface area contributed by atoms with Crippen molar-refractivity contribution in [3.05, 3.63) is 48.2 Å². The van der Waals surface area contributed by atoms with Crippen molar-refractivity contribution in [2.75, 3.05) is 25.0 Å². The molecular formula is C19H27N5O. The molecule has 2 N–H and O–H groups in total. The highest BCUT2D eigenvalue weighted by molar-refractivity contribution is 5.88. The van der Waals surface area contributed by atoms with E-state index in [1.165, 1.54) is 5.56 Å². The van der Waals surface area contributed by atoms with Crippen molar-refractivity contribution in [3.63, 3.8) is 0 Å². The van der Waals surface area contributed by atoms with Gasteiger partial charge in [-0.05, 0) is 30.9 Å². The van der Waals surface area contributed by atoms with Gasteiger partial charge in [0.05, 0.1) is 6.20 Å². The number of amides is 2. The van der Waals surface area contributed by atoms with Gasteiger partial charge < -0.3 is 5.32 Å². The molecule has 1 unspecified atom stereocenters. The number of aryl methyl sites for hydroxylation is 1. The lowest BCUT2D eigenvalue weighted by atomic mass is 10.1. The van der Waals surface area contributed by atoms with Crippen LogP contribution in [-0.4, -0.2) is 40.3 Å². The van der Waals surface area contributed by atoms with Crippen LogP contribution in [0.25, 0.3) is 0 Å². The van der Waals surface area contributed by atoms with Gasteiger partial charge in [-0.1, -0.05) is 37.3 Å². The zero-order valence-corrected chi connectivity index (χ0v) is 14.8. The monoisotopic (exact) mass is 341 g/mol. The molecule has 0 aliphatic carbocycles. The smallest absolute Gasteiger partial charge is 0.320 e. The van der Waals surface area contributed by atoms with E-state index < -0.39 is 0 Å². The Kier molecular flexibility index (Phi) is 6.06. The number of likely N-dealkylation sites (tertiary alicyclic amines) is 1. The molecule has 3 rings (SSSR count). The lowest BCUT2D eigenvalue weighted by Crippen LogP contribution is -2.34. The van der Waals surface area contributed by atoms with Gasteiger partial charge in [-0.2, -0.15) is 5.10 Å². The first kappa shape index (κ1) is 17.5. The summed E-state index contributed by atoms with van der Waals surface area (Å²) in [6.07, 6.45) is 3.82. The van der Waals surface area contributed by atoms with Crippen LogP contribution in [0.1, 0.15) is 25.3 Å². The zero-order valence-electron chi connectivity index (χ0n) is 14.8. The van der Waals surface area contributed by atoms with Crippen LogP contribution < -0.4 is 10.6 Å². The molecule has 2 aromatic rings. The van der Waals surface area contributed by atoms with Crippen molar-refractivity contribution in [2.45, 2.75) is 32.9 Å². The number of nitrogens with one attached hydrogen (secondary N) is 2. The minimum Gasteiger partial charge on any atom is -0.338 e. The van der Waals surface area contributed by atoms with E-state index in [2.05, 4.69) is 51.8 Å². The van der Waals surface area contributed by atoms with Crippen LogP contribution in [0.4, 0.5) is 10.6 Å². The Morgan fingerprint density at radius 2 is 2.12 bits per heavy atom. The minimum absolute atomic E-state index is 0.153. The third-order valence-corrected chi connectivity index (χ3v) is 4.56. The summed E-state index contributed by atoms with van der Waals surface area (Å²) in [7, 11) is 0. The molecule has 25 heavy (non-hydrogen) atoms. The molecule has 1 saturated heterocycles. The number of aromatic nitrogens is 2. The van der Waals surface area contributed by atoms with E-state index in [9.17, 15) is 4.79 Å². The van der Waals surface area contributed by atoms with E-state index >= 15 is 0 Å². The van der Waals surface area contributed by atoms with Crippen molar-refractivity contribution in [1.29, 1.82) is 0 Å². The maximum Gasteiger partial charge on any atom is 0.320 e. The summed E-state index contributed by atoms with van der Waals surface area (Å²) < 4.78 is 1.82. The molecule has 1 aromatic carbocycles. The summed E-state index contributed by atoms with van der Waals surface area (Å²) in [4.78, 5) is 14.6. The summed E-state index contributed by atoms with van der Waals surface area (Å²) in [6.45, 7) is 6.71. The van der Waals surface area contributed by atoms with Crippen LogP contribution in [-0.2, 0) is 13.1 Å². The largest absolute Gasteiger partial charge is 0.338 e. The Bertz CT molecular complexity index is 669. The van der Waals surface area contributed by atoms with Gasteiger partial charge in [0, 0.05) is 32.2 Å². The molecule has 1 aliphatic rings. The quantitative estimate of drug-likeness (QED) is 0.814. The molecule has 2 heterocycles. The average Bonchev–Trinajstić information content (AvgIpc) is 3.24. The Labute approximate surface area is 149 Å². The van der Waals surface area contributed by atoms with Crippen molar-refractivity contribution >= 4 is 11.8 Å². The number of hydrogen-bond acceptors (Lipinski definition) is 3. The van der Waals surface area contributed by atoms with E-state index in [1.54, 1.807) is 6.20 Å². The maximum atomic E-state index is 12.1. The van der Waals surface area contributed by atoms with E-state index in [0.29, 0.717) is 12.5 Å². The average molecular weight is 341 g/mol. The van der Waals surface area contributed by atoms with Crippen LogP contribution in [0.2, 0.25) is 0 Å². The third kappa shape index (κ3) is 5.06. The van der Waals surface area contributed by atoms with Crippen LogP contribution in [0.15, 0.2) is 42.6 Å². The topological polar surface area (TPSA) is 62.2 Å². The number of benzene rings is 1. The molecule has 2 amide bonds. The molecule has 6 nitrogen and oxygen atoms in total. The molecule has 0 saturated carbocycles. The van der Waals surface area contributed by atoms with Gasteiger partial charge in [0.2, 0.25) is 0 Å². The molecule has 0 radical (unpaired) electrons. The fourth-order valence-corrected chi connectivity index (χ4v) is 3.29. The predicted molar refractivity (Wildman–Crippen MR) is 99.4 cm³/mol. The molecule has 0 bridgehead atoms. The molecule has 1 atom stereocenters. The van der Waals surface area contributed by atoms with Gasteiger partial charge >= 0.3 is 6.03 Å². The van der Waals surface area contributed by atoms with Gasteiger partial charge in [0.25, 0.3) is 0 Å². The van der Waals surface area contributed by atoms with Crippen LogP contribution in [0, 0.1) is 5.92 Å². The Hall–Kier alpha value is -2.34. The van der Waals surface area contributed by atoms with E-state index in [-0.39, 0.29) is 6.03 Å². The van der Waals surface area contributed by atoms with Crippen LogP contribution >= 0.6 is 0 Å². The second-order valence-corrected chi connectivity index (χ2v) is 6.65. The summed E-state index contributed by atoms with van der Waals surface area (Å²) in [6, 6.07) is 12.2. The third-order valence-electron chi connectivity index (χ3n) is 4.56. The Morgan fingerprint density at radius 3 is 2.92 bits per heavy atom. The Morgan fingerprint density at radius 1 is 1.28 bits per heavy atom. The number of rotatable bonds is 7. The summed E-state index contributed by atoms with van der Waals surface area (Å²) in [5.41, 5.74) is 1.35. The van der Waals surface area contributed by atoms with Crippen molar-refractivity contribution in [3.8, 4) is 0 Å². The number of hydrogen-bond donors (Lipinski definition) is 2. The molecule has 134 valence electrons. The van der Waals surface area contributed by atoms with Crippen LogP contribution in [0.5, 0.6) is 0 Å². The number of anilines is 1. The lowest BCUT2D eigenvalue weighted by molar-refractivity contribution is 0.249. The fraction of sp³-hybridized carbons (Fsp3) is 0.474. The number of nitrogens with zero attached hydrogens (tertiary/aromatic N) is 3. The van der Waals surface area contributed by atoms with Crippen LogP contribution in [0.3, 0.4) is 0 Å². The summed E-state index contributed by atoms with van der Waals surface area (Å²) in [5.74, 6) is 1.26. The van der Waals surface area contributed by atoms with Gasteiger partial charge in [-0.25, -0.2) is 9.48 Å². The van der Waals surface area contributed by atoms with E-state index in [1.807, 2.05) is 16.8 Å². The normalized spacial score (nSPS) is 17.6. The number of carbonyl (C=O) groups is 1. The molecule has 1 fully saturated rings. The number of carbonyl (C=O) groups excluding carboxylic acids is 1. The van der Waals surface area contributed by atoms with Gasteiger partial charge in [-0.15, -0.1) is 0 Å². The van der Waals surface area contributed by atoms with Gasteiger partial charge in [0.15, 0.2) is 0 Å². The highest BCUT2D eigenvalue weighted by Crippen LogP contribution is 2.18. The van der Waals surface area contributed by atoms with Gasteiger partial charge in [-0.3, -0.25) is 10.2 Å². The summed E-state index contributed by atoms with van der Waals surface area (Å²) in [5, 5.41) is 10.1. The first-order chi connectivity index (χ1) is 12.2. The molecular weight excluding hydrogens is 314 g/mol. The Balaban J connectivity index is 1.40. The van der Waals surface area contributed by atoms with Crippen molar-refractivity contribution in [1.82, 2.24) is 20.0 Å². The first-order valence-corrected chi connectivity index (χ1v) is 9.07. The predicted octanol–water partition coefficient (Wildman–Crippen LogP) is 2.94. The molecule has 1 aromatic heterocycles. The maximum absolute atomic E-state index is 12.1. The SMILES string of the molecule is CCCn1nccc1NC(=O)NCC1CCN(Cc2ccccc2)C1. The highest BCUT2D eigenvalue weighted by Gasteiger charge is 2.22. The molecule has 0 spiro atoms. The molecule has 1 aliphatic heterocycles. The minimum atomic E-state index is -0.153. The fourth-order valence-electron chi connectivity index (χ4n) is 3.29. The molecule has 6 heteroatoms.